The molecule has 1 fully saturated rings. The maximum Gasteiger partial charge on any atom is 0.270 e. The quantitative estimate of drug-likeness (QED) is 0.617. The Morgan fingerprint density at radius 1 is 1.33 bits per heavy atom. The number of hydrogen-bond donors (Lipinski definition) is 3. The van der Waals surface area contributed by atoms with Gasteiger partial charge in [0.05, 0.1) is 4.70 Å². The Morgan fingerprint density at radius 2 is 2.19 bits per heavy atom. The minimum Gasteiger partial charge on any atom is -0.364 e. The van der Waals surface area contributed by atoms with Gasteiger partial charge in [-0.25, -0.2) is 4.39 Å². The van der Waals surface area contributed by atoms with Gasteiger partial charge in [0.2, 0.25) is 0 Å². The fourth-order valence-electron chi connectivity index (χ4n) is 3.16. The van der Waals surface area contributed by atoms with Crippen LogP contribution in [0.4, 0.5) is 10.2 Å². The Hall–Kier alpha value is -2.29. The van der Waals surface area contributed by atoms with Crippen LogP contribution in [0.5, 0.6) is 0 Å². The molecule has 1 saturated heterocycles. The van der Waals surface area contributed by atoms with Crippen molar-refractivity contribution in [1.29, 1.82) is 0 Å². The van der Waals surface area contributed by atoms with Crippen molar-refractivity contribution < 1.29 is 9.18 Å². The zero-order valence-electron chi connectivity index (χ0n) is 14.4. The molecule has 4 N–H and O–H groups in total. The van der Waals surface area contributed by atoms with Gasteiger partial charge in [-0.05, 0) is 43.1 Å². The van der Waals surface area contributed by atoms with E-state index in [0.29, 0.717) is 10.5 Å². The molecule has 0 radical (unpaired) electrons. The van der Waals surface area contributed by atoms with Gasteiger partial charge in [0.1, 0.15) is 5.82 Å². The second-order valence-corrected chi connectivity index (χ2v) is 7.37. The summed E-state index contributed by atoms with van der Waals surface area (Å²) in [5, 5.41) is 15.8. The molecule has 1 amide bonds. The predicted octanol–water partition coefficient (Wildman–Crippen LogP) is 3.18. The Labute approximate surface area is 165 Å². The Morgan fingerprint density at radius 3 is 2.89 bits per heavy atom. The molecule has 142 valence electrons. The maximum absolute atomic E-state index is 13.6. The van der Waals surface area contributed by atoms with Crippen LogP contribution in [0.3, 0.4) is 0 Å². The highest BCUT2D eigenvalue weighted by atomic mass is 35.5. The second kappa shape index (κ2) is 8.16. The third-order valence-electron chi connectivity index (χ3n) is 4.43. The number of amides is 1. The summed E-state index contributed by atoms with van der Waals surface area (Å²) >= 11 is 1.36. The number of carbonyl (C=O) groups is 1. The van der Waals surface area contributed by atoms with Gasteiger partial charge in [-0.3, -0.25) is 4.79 Å². The lowest BCUT2D eigenvalue weighted by Crippen LogP contribution is -2.38. The highest BCUT2D eigenvalue weighted by molar-refractivity contribution is 7.22. The number of halogens is 2. The summed E-state index contributed by atoms with van der Waals surface area (Å²) in [7, 11) is 0. The van der Waals surface area contributed by atoms with E-state index in [4.69, 9.17) is 5.73 Å². The van der Waals surface area contributed by atoms with Gasteiger partial charge in [0, 0.05) is 22.8 Å². The molecular formula is C18H19ClFN5OS. The van der Waals surface area contributed by atoms with Crippen LogP contribution >= 0.6 is 23.7 Å². The molecule has 4 rings (SSSR count). The topological polar surface area (TPSA) is 92.9 Å². The highest BCUT2D eigenvalue weighted by Gasteiger charge is 2.20. The number of benzene rings is 1. The van der Waals surface area contributed by atoms with Crippen LogP contribution in [-0.2, 0) is 0 Å². The number of carbonyl (C=O) groups excluding carboxylic acids is 1. The first-order chi connectivity index (χ1) is 12.6. The number of piperidine rings is 1. The number of nitrogens with zero attached hydrogens (tertiary/aromatic N) is 2. The second-order valence-electron chi connectivity index (χ2n) is 6.31. The van der Waals surface area contributed by atoms with Crippen LogP contribution in [0.25, 0.3) is 20.5 Å². The zero-order chi connectivity index (χ0) is 18.1. The Kier molecular flexibility index (Phi) is 5.88. The van der Waals surface area contributed by atoms with E-state index >= 15 is 0 Å². The largest absolute Gasteiger partial charge is 0.364 e. The highest BCUT2D eigenvalue weighted by Crippen LogP contribution is 2.37. The van der Waals surface area contributed by atoms with Crippen LogP contribution in [0.15, 0.2) is 30.3 Å². The lowest BCUT2D eigenvalue weighted by molar-refractivity contribution is 0.0996. The monoisotopic (exact) mass is 407 g/mol. The van der Waals surface area contributed by atoms with Gasteiger partial charge in [0.25, 0.3) is 5.91 Å². The first-order valence-electron chi connectivity index (χ1n) is 8.45. The SMILES string of the molecule is Cl.NC(=O)c1nnc(N[C@H]2CCCNC2)c2cc(-c3cccc(F)c3)sc12. The number of aromatic nitrogens is 2. The molecule has 0 aliphatic carbocycles. The van der Waals surface area contributed by atoms with E-state index in [1.54, 1.807) is 6.07 Å². The number of nitrogens with two attached hydrogens (primary N) is 1. The molecule has 1 aromatic carbocycles. The van der Waals surface area contributed by atoms with Crippen LogP contribution < -0.4 is 16.4 Å². The van der Waals surface area contributed by atoms with Gasteiger partial charge in [-0.1, -0.05) is 12.1 Å². The number of rotatable bonds is 4. The smallest absolute Gasteiger partial charge is 0.270 e. The van der Waals surface area contributed by atoms with E-state index in [2.05, 4.69) is 20.8 Å². The minimum atomic E-state index is -0.624. The summed E-state index contributed by atoms with van der Waals surface area (Å²) in [6, 6.07) is 8.52. The third-order valence-corrected chi connectivity index (χ3v) is 5.62. The number of thiophene rings is 1. The molecule has 0 spiro atoms. The third kappa shape index (κ3) is 4.02. The fourth-order valence-corrected chi connectivity index (χ4v) is 4.31. The molecular weight excluding hydrogens is 389 g/mol. The van der Waals surface area contributed by atoms with Gasteiger partial charge in [-0.2, -0.15) is 0 Å². The zero-order valence-corrected chi connectivity index (χ0v) is 16.0. The number of primary amides is 1. The van der Waals surface area contributed by atoms with Gasteiger partial charge < -0.3 is 16.4 Å². The van der Waals surface area contributed by atoms with Crippen molar-refractivity contribution in [3.8, 4) is 10.4 Å². The van der Waals surface area contributed by atoms with Crippen LogP contribution in [0.2, 0.25) is 0 Å². The van der Waals surface area contributed by atoms with Crippen LogP contribution in [0, 0.1) is 5.82 Å². The van der Waals surface area contributed by atoms with Crippen LogP contribution in [0.1, 0.15) is 23.3 Å². The standard InChI is InChI=1S/C18H18FN5OS.ClH/c19-11-4-1-3-10(7-11)14-8-13-16(26-14)15(17(20)25)23-24-18(13)22-12-5-2-6-21-9-12;/h1,3-4,7-8,12,21H,2,5-6,9H2,(H2,20,25)(H,22,24);1H/t12-;/m0./s1. The summed E-state index contributed by atoms with van der Waals surface area (Å²) in [4.78, 5) is 12.6. The normalized spacial score (nSPS) is 16.7. The Balaban J connectivity index is 0.00000210. The summed E-state index contributed by atoms with van der Waals surface area (Å²) < 4.78 is 14.3. The fraction of sp³-hybridized carbons (Fsp3) is 0.278. The summed E-state index contributed by atoms with van der Waals surface area (Å²) in [5.41, 5.74) is 6.34. The van der Waals surface area contributed by atoms with E-state index < -0.39 is 5.91 Å². The van der Waals surface area contributed by atoms with E-state index in [-0.39, 0.29) is 30.0 Å². The molecule has 3 heterocycles. The number of fused-ring (bicyclic) bond motifs is 1. The molecule has 3 aromatic rings. The van der Waals surface area contributed by atoms with Crippen molar-refractivity contribution >= 4 is 45.6 Å². The van der Waals surface area contributed by atoms with E-state index in [9.17, 15) is 9.18 Å². The average Bonchev–Trinajstić information content (AvgIpc) is 3.08. The summed E-state index contributed by atoms with van der Waals surface area (Å²) in [5.74, 6) is -0.309. The number of nitrogens with one attached hydrogen (secondary N) is 2. The molecule has 1 aliphatic rings. The lowest BCUT2D eigenvalue weighted by atomic mass is 10.1. The van der Waals surface area contributed by atoms with Gasteiger partial charge in [-0.15, -0.1) is 33.9 Å². The molecule has 0 saturated carbocycles. The molecule has 1 atom stereocenters. The molecule has 27 heavy (non-hydrogen) atoms. The molecule has 1 aliphatic heterocycles. The molecule has 6 nitrogen and oxygen atoms in total. The molecule has 0 unspecified atom stereocenters. The van der Waals surface area contributed by atoms with E-state index in [1.165, 1.54) is 23.5 Å². The Bertz CT molecular complexity index is 974. The lowest BCUT2D eigenvalue weighted by Gasteiger charge is -2.24. The summed E-state index contributed by atoms with van der Waals surface area (Å²) in [6.45, 7) is 1.86. The van der Waals surface area contributed by atoms with Crippen molar-refractivity contribution in [1.82, 2.24) is 15.5 Å². The van der Waals surface area contributed by atoms with Crippen molar-refractivity contribution in [2.45, 2.75) is 18.9 Å². The van der Waals surface area contributed by atoms with Crippen molar-refractivity contribution in [2.24, 2.45) is 5.73 Å². The molecule has 9 heteroatoms. The first-order valence-corrected chi connectivity index (χ1v) is 9.26. The predicted molar refractivity (Wildman–Crippen MR) is 108 cm³/mol. The number of hydrogen-bond acceptors (Lipinski definition) is 6. The number of anilines is 1. The van der Waals surface area contributed by atoms with Crippen LogP contribution in [-0.4, -0.2) is 35.2 Å². The summed E-state index contributed by atoms with van der Waals surface area (Å²) in [6.07, 6.45) is 2.13. The molecule has 0 bridgehead atoms. The van der Waals surface area contributed by atoms with Crippen molar-refractivity contribution in [3.63, 3.8) is 0 Å². The van der Waals surface area contributed by atoms with Gasteiger partial charge in [0.15, 0.2) is 11.5 Å². The van der Waals surface area contributed by atoms with E-state index in [1.807, 2.05) is 12.1 Å². The maximum atomic E-state index is 13.6. The van der Waals surface area contributed by atoms with Gasteiger partial charge >= 0.3 is 0 Å². The van der Waals surface area contributed by atoms with Crippen molar-refractivity contribution in [3.05, 3.63) is 41.8 Å². The first kappa shape index (κ1) is 19.5. The average molecular weight is 408 g/mol. The van der Waals surface area contributed by atoms with E-state index in [0.717, 1.165) is 41.8 Å². The molecule has 2 aromatic heterocycles. The minimum absolute atomic E-state index is 0. The van der Waals surface area contributed by atoms with Crippen molar-refractivity contribution in [2.75, 3.05) is 18.4 Å².